The highest BCUT2D eigenvalue weighted by Gasteiger charge is 2.44. The highest BCUT2D eigenvalue weighted by Crippen LogP contribution is 2.46. The van der Waals surface area contributed by atoms with Gasteiger partial charge in [0.25, 0.3) is 0 Å². The van der Waals surface area contributed by atoms with Crippen LogP contribution in [0.2, 0.25) is 0 Å². The lowest BCUT2D eigenvalue weighted by Crippen LogP contribution is -2.55. The first-order chi connectivity index (χ1) is 24.2. The van der Waals surface area contributed by atoms with Crippen LogP contribution in [0.3, 0.4) is 0 Å². The lowest BCUT2D eigenvalue weighted by molar-refractivity contribution is 0.590. The van der Waals surface area contributed by atoms with Gasteiger partial charge in [-0.05, 0) is 109 Å². The van der Waals surface area contributed by atoms with Gasteiger partial charge in [0.05, 0.1) is 0 Å². The lowest BCUT2D eigenvalue weighted by Gasteiger charge is -2.37. The molecule has 0 radical (unpaired) electrons. The molecule has 0 unspecified atom stereocenters. The van der Waals surface area contributed by atoms with E-state index in [9.17, 15) is 0 Å². The maximum absolute atomic E-state index is 6.40. The normalized spacial score (nSPS) is 13.9. The molecule has 2 aliphatic rings. The zero-order valence-electron chi connectivity index (χ0n) is 31.4. The Morgan fingerprint density at radius 1 is 0.490 bits per heavy atom. The molecule has 0 amide bonds. The minimum absolute atomic E-state index is 0.0297. The van der Waals surface area contributed by atoms with Crippen LogP contribution in [0, 0.1) is 0 Å². The summed E-state index contributed by atoms with van der Waals surface area (Å²) in [6.45, 7) is 21.0. The summed E-state index contributed by atoms with van der Waals surface area (Å²) in [6.07, 6.45) is 0. The molecule has 0 saturated heterocycles. The Labute approximate surface area is 303 Å². The summed E-state index contributed by atoms with van der Waals surface area (Å²) in [7, 11) is 0. The highest BCUT2D eigenvalue weighted by molar-refractivity contribution is 7.01. The van der Waals surface area contributed by atoms with E-state index in [1.807, 2.05) is 0 Å². The van der Waals surface area contributed by atoms with E-state index in [1.165, 1.54) is 77.8 Å². The van der Waals surface area contributed by atoms with Gasteiger partial charge in [-0.25, -0.2) is 0 Å². The molecule has 2 aliphatic heterocycles. The van der Waals surface area contributed by atoms with Crippen LogP contribution in [0.4, 0.5) is 17.1 Å². The van der Waals surface area contributed by atoms with E-state index in [0.29, 0.717) is 0 Å². The van der Waals surface area contributed by atoms with E-state index in [0.717, 1.165) is 16.6 Å². The molecule has 0 spiro atoms. The molecule has 3 heterocycles. The number of rotatable bonds is 2. The van der Waals surface area contributed by atoms with Crippen LogP contribution < -0.4 is 21.3 Å². The Morgan fingerprint density at radius 2 is 1.12 bits per heavy atom. The molecule has 0 fully saturated rings. The van der Waals surface area contributed by atoms with Crippen LogP contribution in [0.1, 0.15) is 79.0 Å². The van der Waals surface area contributed by atoms with Crippen molar-refractivity contribution in [1.82, 2.24) is 0 Å². The Kier molecular flexibility index (Phi) is 6.73. The SMILES string of the molecule is CC(C)(C)c1ccc(N2c3ccc(C(C)(C)C)cc3B3c4cc(C(C)(C)C)ccc4-c4cc(-c5cccc6oc7ccccc7c56)cc2c43)cc1. The average Bonchev–Trinajstić information content (AvgIpc) is 3.63. The van der Waals surface area contributed by atoms with Gasteiger partial charge in [0, 0.05) is 27.8 Å². The summed E-state index contributed by atoms with van der Waals surface area (Å²) >= 11 is 0. The van der Waals surface area contributed by atoms with Crippen molar-refractivity contribution in [3.05, 3.63) is 132 Å². The van der Waals surface area contributed by atoms with Gasteiger partial charge in [-0.15, -0.1) is 0 Å². The van der Waals surface area contributed by atoms with Crippen LogP contribution in [0.15, 0.2) is 120 Å². The smallest absolute Gasteiger partial charge is 0.248 e. The van der Waals surface area contributed by atoms with Crippen LogP contribution in [0.5, 0.6) is 0 Å². The Balaban J connectivity index is 1.38. The molecule has 9 rings (SSSR count). The molecule has 0 bridgehead atoms. The first-order valence-corrected chi connectivity index (χ1v) is 18.5. The second kappa shape index (κ2) is 10.7. The predicted molar refractivity (Wildman–Crippen MR) is 220 cm³/mol. The molecular formula is C48H46BNO. The first-order valence-electron chi connectivity index (χ1n) is 18.5. The minimum atomic E-state index is 0.0297. The molecule has 0 aliphatic carbocycles. The van der Waals surface area contributed by atoms with E-state index in [4.69, 9.17) is 4.42 Å². The van der Waals surface area contributed by atoms with Crippen molar-refractivity contribution < 1.29 is 4.42 Å². The second-order valence-corrected chi connectivity index (χ2v) is 17.9. The summed E-state index contributed by atoms with van der Waals surface area (Å²) in [6, 6.07) is 43.6. The molecule has 0 saturated carbocycles. The number of benzene rings is 6. The predicted octanol–water partition coefficient (Wildman–Crippen LogP) is 11.4. The molecular weight excluding hydrogens is 617 g/mol. The Morgan fingerprint density at radius 3 is 1.82 bits per heavy atom. The number of fused-ring (bicyclic) bond motifs is 8. The topological polar surface area (TPSA) is 16.4 Å². The van der Waals surface area contributed by atoms with Crippen LogP contribution in [-0.4, -0.2) is 6.71 Å². The van der Waals surface area contributed by atoms with Gasteiger partial charge in [-0.3, -0.25) is 0 Å². The zero-order valence-corrected chi connectivity index (χ0v) is 31.4. The molecule has 252 valence electrons. The third-order valence-electron chi connectivity index (χ3n) is 11.4. The summed E-state index contributed by atoms with van der Waals surface area (Å²) in [5.74, 6) is 0. The molecule has 6 aromatic carbocycles. The maximum Gasteiger partial charge on any atom is 0.248 e. The van der Waals surface area contributed by atoms with Gasteiger partial charge >= 0.3 is 0 Å². The first kappa shape index (κ1) is 31.9. The number of para-hydroxylation sites is 1. The number of furan rings is 1. The number of nitrogens with zero attached hydrogens (tertiary/aromatic N) is 1. The zero-order chi connectivity index (χ0) is 35.6. The second-order valence-electron chi connectivity index (χ2n) is 17.9. The van der Waals surface area contributed by atoms with Crippen molar-refractivity contribution in [1.29, 1.82) is 0 Å². The summed E-state index contributed by atoms with van der Waals surface area (Å²) in [4.78, 5) is 2.54. The largest absolute Gasteiger partial charge is 0.456 e. The van der Waals surface area contributed by atoms with E-state index < -0.39 is 0 Å². The van der Waals surface area contributed by atoms with Crippen LogP contribution in [0.25, 0.3) is 44.2 Å². The van der Waals surface area contributed by atoms with Gasteiger partial charge in [0.15, 0.2) is 0 Å². The van der Waals surface area contributed by atoms with Crippen molar-refractivity contribution in [2.24, 2.45) is 0 Å². The standard InChI is InChI=1S/C48H46BNO/c1-46(2,3)30-17-21-33(22-18-30)50-40-24-20-32(48(7,8)9)28-39(40)49-38-27-31(47(4,5)6)19-23-35(38)37-25-29(26-41(50)45(37)49)34-14-12-16-43-44(34)36-13-10-11-15-42(36)51-43/h10-28H,1-9H3. The third-order valence-corrected chi connectivity index (χ3v) is 11.4. The van der Waals surface area contributed by atoms with Crippen molar-refractivity contribution in [2.45, 2.75) is 78.6 Å². The Bertz CT molecular complexity index is 2530. The van der Waals surface area contributed by atoms with Gasteiger partial charge in [-0.1, -0.05) is 141 Å². The lowest BCUT2D eigenvalue weighted by atomic mass is 9.36. The summed E-state index contributed by atoms with van der Waals surface area (Å²) in [5, 5.41) is 2.32. The third kappa shape index (κ3) is 4.92. The fourth-order valence-corrected chi connectivity index (χ4v) is 8.49. The van der Waals surface area contributed by atoms with Crippen molar-refractivity contribution in [3.8, 4) is 22.3 Å². The molecule has 0 N–H and O–H groups in total. The molecule has 3 heteroatoms. The molecule has 7 aromatic rings. The summed E-state index contributed by atoms with van der Waals surface area (Å²) in [5.41, 5.74) is 19.0. The van der Waals surface area contributed by atoms with Gasteiger partial charge in [0.2, 0.25) is 6.71 Å². The van der Waals surface area contributed by atoms with E-state index in [2.05, 4.69) is 182 Å². The Hall–Kier alpha value is -5.02. The minimum Gasteiger partial charge on any atom is -0.456 e. The fraction of sp³-hybridized carbons (Fsp3) is 0.250. The average molecular weight is 664 g/mol. The molecule has 1 aromatic heterocycles. The quantitative estimate of drug-likeness (QED) is 0.171. The summed E-state index contributed by atoms with van der Waals surface area (Å²) < 4.78 is 6.40. The van der Waals surface area contributed by atoms with Crippen LogP contribution in [-0.2, 0) is 16.2 Å². The highest BCUT2D eigenvalue weighted by atomic mass is 16.3. The van der Waals surface area contributed by atoms with Gasteiger partial charge < -0.3 is 9.32 Å². The number of hydrogen-bond acceptors (Lipinski definition) is 2. The van der Waals surface area contributed by atoms with Gasteiger partial charge in [-0.2, -0.15) is 0 Å². The molecule has 2 nitrogen and oxygen atoms in total. The number of hydrogen-bond donors (Lipinski definition) is 0. The van der Waals surface area contributed by atoms with Crippen molar-refractivity contribution >= 4 is 62.1 Å². The van der Waals surface area contributed by atoms with Crippen molar-refractivity contribution in [2.75, 3.05) is 4.90 Å². The van der Waals surface area contributed by atoms with E-state index in [-0.39, 0.29) is 23.0 Å². The van der Waals surface area contributed by atoms with E-state index in [1.54, 1.807) is 0 Å². The maximum atomic E-state index is 6.40. The van der Waals surface area contributed by atoms with E-state index >= 15 is 0 Å². The van der Waals surface area contributed by atoms with Crippen molar-refractivity contribution in [3.63, 3.8) is 0 Å². The fourth-order valence-electron chi connectivity index (χ4n) is 8.49. The molecule has 51 heavy (non-hydrogen) atoms. The van der Waals surface area contributed by atoms with Gasteiger partial charge in [0.1, 0.15) is 11.2 Å². The monoisotopic (exact) mass is 663 g/mol. The van der Waals surface area contributed by atoms with Crippen LogP contribution >= 0.6 is 0 Å². The number of anilines is 3. The molecule has 0 atom stereocenters.